The van der Waals surface area contributed by atoms with Gasteiger partial charge in [0.05, 0.1) is 12.6 Å². The summed E-state index contributed by atoms with van der Waals surface area (Å²) in [6.45, 7) is 10.6. The summed E-state index contributed by atoms with van der Waals surface area (Å²) in [4.78, 5) is 12.4. The molecule has 4 nitrogen and oxygen atoms in total. The molecule has 1 aliphatic rings. The smallest absolute Gasteiger partial charge is 0.250 e. The molecule has 1 amide bonds. The van der Waals surface area contributed by atoms with Crippen molar-refractivity contribution in [3.05, 3.63) is 35.4 Å². The highest BCUT2D eigenvalue weighted by atomic mass is 35.5. The molecule has 0 saturated carbocycles. The van der Waals surface area contributed by atoms with Crippen LogP contribution in [0.25, 0.3) is 0 Å². The monoisotopic (exact) mass is 340 g/mol. The number of ether oxygens (including phenoxy) is 1. The van der Waals surface area contributed by atoms with Crippen LogP contribution in [0.5, 0.6) is 0 Å². The molecule has 0 aliphatic carbocycles. The van der Waals surface area contributed by atoms with Gasteiger partial charge < -0.3 is 15.4 Å². The summed E-state index contributed by atoms with van der Waals surface area (Å²) in [5.74, 6) is 0.812. The van der Waals surface area contributed by atoms with Crippen LogP contribution in [0.15, 0.2) is 24.3 Å². The maximum atomic E-state index is 12.4. The summed E-state index contributed by atoms with van der Waals surface area (Å²) >= 11 is 0. The summed E-state index contributed by atoms with van der Waals surface area (Å²) in [6.07, 6.45) is -0.384. The van der Waals surface area contributed by atoms with Crippen molar-refractivity contribution >= 4 is 18.3 Å². The van der Waals surface area contributed by atoms with Crippen LogP contribution >= 0.6 is 12.4 Å². The fourth-order valence-electron chi connectivity index (χ4n) is 2.70. The van der Waals surface area contributed by atoms with Gasteiger partial charge in [0.2, 0.25) is 0 Å². The van der Waals surface area contributed by atoms with Gasteiger partial charge in [0.25, 0.3) is 5.91 Å². The quantitative estimate of drug-likeness (QED) is 0.866. The van der Waals surface area contributed by atoms with Crippen molar-refractivity contribution in [2.75, 3.05) is 19.7 Å². The molecule has 2 unspecified atom stereocenters. The summed E-state index contributed by atoms with van der Waals surface area (Å²) in [5, 5.41) is 6.34. The van der Waals surface area contributed by atoms with E-state index in [1.165, 1.54) is 5.56 Å². The van der Waals surface area contributed by atoms with E-state index in [2.05, 4.69) is 62.6 Å². The third-order valence-corrected chi connectivity index (χ3v) is 4.15. The van der Waals surface area contributed by atoms with Gasteiger partial charge in [0.15, 0.2) is 0 Å². The van der Waals surface area contributed by atoms with Crippen LogP contribution in [0, 0.1) is 5.92 Å². The second-order valence-electron chi connectivity index (χ2n) is 6.62. The van der Waals surface area contributed by atoms with Crippen LogP contribution in [0.4, 0.5) is 0 Å². The number of nitrogens with one attached hydrogen (secondary N) is 2. The molecular formula is C18H29ClN2O2. The Labute approximate surface area is 145 Å². The van der Waals surface area contributed by atoms with Gasteiger partial charge in [-0.15, -0.1) is 12.4 Å². The van der Waals surface area contributed by atoms with E-state index in [1.54, 1.807) is 0 Å². The zero-order chi connectivity index (χ0) is 16.1. The van der Waals surface area contributed by atoms with Gasteiger partial charge in [-0.05, 0) is 23.0 Å². The molecule has 23 heavy (non-hydrogen) atoms. The first kappa shape index (κ1) is 19.9. The van der Waals surface area contributed by atoms with Gasteiger partial charge in [-0.25, -0.2) is 0 Å². The van der Waals surface area contributed by atoms with E-state index in [-0.39, 0.29) is 30.5 Å². The van der Waals surface area contributed by atoms with Crippen molar-refractivity contribution in [3.8, 4) is 0 Å². The van der Waals surface area contributed by atoms with Crippen molar-refractivity contribution in [3.63, 3.8) is 0 Å². The lowest BCUT2D eigenvalue weighted by molar-refractivity contribution is -0.135. The van der Waals surface area contributed by atoms with Crippen LogP contribution in [0.3, 0.4) is 0 Å². The normalized spacial score (nSPS) is 19.3. The first-order valence-electron chi connectivity index (χ1n) is 8.21. The molecule has 0 bridgehead atoms. The van der Waals surface area contributed by atoms with Crippen molar-refractivity contribution in [2.24, 2.45) is 5.92 Å². The number of carbonyl (C=O) groups excluding carboxylic acids is 1. The standard InChI is InChI=1S/C18H28N2O2.ClH/c1-12(2)14-5-7-15(8-6-14)17(13(3)4)20-18(21)16-11-19-9-10-22-16;/h5-8,12-13,16-17,19H,9-11H2,1-4H3,(H,20,21);1H. The van der Waals surface area contributed by atoms with Crippen molar-refractivity contribution in [1.29, 1.82) is 0 Å². The average Bonchev–Trinajstić information content (AvgIpc) is 2.53. The van der Waals surface area contributed by atoms with Gasteiger partial charge in [-0.1, -0.05) is 52.0 Å². The molecular weight excluding hydrogens is 312 g/mol. The van der Waals surface area contributed by atoms with E-state index >= 15 is 0 Å². The van der Waals surface area contributed by atoms with E-state index in [0.717, 1.165) is 12.1 Å². The average molecular weight is 341 g/mol. The minimum atomic E-state index is -0.384. The van der Waals surface area contributed by atoms with Gasteiger partial charge in [0.1, 0.15) is 6.10 Å². The zero-order valence-electron chi connectivity index (χ0n) is 14.5. The largest absolute Gasteiger partial charge is 0.366 e. The van der Waals surface area contributed by atoms with Crippen LogP contribution in [0.2, 0.25) is 0 Å². The Balaban J connectivity index is 0.00000264. The molecule has 0 radical (unpaired) electrons. The third-order valence-electron chi connectivity index (χ3n) is 4.15. The fraction of sp³-hybridized carbons (Fsp3) is 0.611. The van der Waals surface area contributed by atoms with Crippen LogP contribution in [0.1, 0.15) is 50.8 Å². The Morgan fingerprint density at radius 3 is 2.26 bits per heavy atom. The number of benzene rings is 1. The van der Waals surface area contributed by atoms with Crippen LogP contribution in [-0.2, 0) is 9.53 Å². The number of rotatable bonds is 5. The molecule has 5 heteroatoms. The Morgan fingerprint density at radius 1 is 1.17 bits per heavy atom. The third kappa shape index (κ3) is 5.48. The topological polar surface area (TPSA) is 50.4 Å². The predicted molar refractivity (Wildman–Crippen MR) is 96.1 cm³/mol. The number of hydrogen-bond acceptors (Lipinski definition) is 3. The lowest BCUT2D eigenvalue weighted by atomic mass is 9.93. The highest BCUT2D eigenvalue weighted by Gasteiger charge is 2.26. The SMILES string of the molecule is CC(C)c1ccc(C(NC(=O)C2CNCCO2)C(C)C)cc1.Cl. The molecule has 130 valence electrons. The van der Waals surface area contributed by atoms with E-state index in [0.29, 0.717) is 25.0 Å². The second-order valence-corrected chi connectivity index (χ2v) is 6.62. The van der Waals surface area contributed by atoms with Crippen molar-refractivity contribution < 1.29 is 9.53 Å². The number of morpholine rings is 1. The minimum Gasteiger partial charge on any atom is -0.366 e. The van der Waals surface area contributed by atoms with Crippen LogP contribution in [-0.4, -0.2) is 31.7 Å². The van der Waals surface area contributed by atoms with E-state index in [9.17, 15) is 4.79 Å². The lowest BCUT2D eigenvalue weighted by Crippen LogP contribution is -2.49. The summed E-state index contributed by atoms with van der Waals surface area (Å²) < 4.78 is 5.53. The molecule has 1 aromatic rings. The predicted octanol–water partition coefficient (Wildman–Crippen LogP) is 3.03. The lowest BCUT2D eigenvalue weighted by Gasteiger charge is -2.28. The summed E-state index contributed by atoms with van der Waals surface area (Å²) in [5.41, 5.74) is 2.47. The highest BCUT2D eigenvalue weighted by molar-refractivity contribution is 5.85. The molecule has 2 atom stereocenters. The second kappa shape index (κ2) is 9.26. The maximum absolute atomic E-state index is 12.4. The molecule has 1 saturated heterocycles. The van der Waals surface area contributed by atoms with E-state index in [1.807, 2.05) is 0 Å². The Bertz CT molecular complexity index is 482. The van der Waals surface area contributed by atoms with Gasteiger partial charge in [-0.3, -0.25) is 4.79 Å². The fourth-order valence-corrected chi connectivity index (χ4v) is 2.70. The molecule has 1 aliphatic heterocycles. The summed E-state index contributed by atoms with van der Waals surface area (Å²) in [6, 6.07) is 8.57. The van der Waals surface area contributed by atoms with E-state index in [4.69, 9.17) is 4.74 Å². The van der Waals surface area contributed by atoms with Crippen LogP contribution < -0.4 is 10.6 Å². The maximum Gasteiger partial charge on any atom is 0.250 e. The first-order chi connectivity index (χ1) is 10.5. The Hall–Kier alpha value is -1.10. The van der Waals surface area contributed by atoms with Gasteiger partial charge in [-0.2, -0.15) is 0 Å². The number of carbonyl (C=O) groups is 1. The van der Waals surface area contributed by atoms with Crippen molar-refractivity contribution in [2.45, 2.75) is 45.8 Å². The van der Waals surface area contributed by atoms with Crippen molar-refractivity contribution in [1.82, 2.24) is 10.6 Å². The molecule has 2 rings (SSSR count). The number of halogens is 1. The number of hydrogen-bond donors (Lipinski definition) is 2. The number of amides is 1. The van der Waals surface area contributed by atoms with Gasteiger partial charge >= 0.3 is 0 Å². The minimum absolute atomic E-state index is 0. The molecule has 2 N–H and O–H groups in total. The molecule has 1 fully saturated rings. The zero-order valence-corrected chi connectivity index (χ0v) is 15.3. The highest BCUT2D eigenvalue weighted by Crippen LogP contribution is 2.24. The first-order valence-corrected chi connectivity index (χ1v) is 8.21. The Morgan fingerprint density at radius 2 is 1.78 bits per heavy atom. The summed E-state index contributed by atoms with van der Waals surface area (Å²) in [7, 11) is 0. The van der Waals surface area contributed by atoms with Gasteiger partial charge in [0, 0.05) is 13.1 Å². The molecule has 1 aromatic carbocycles. The molecule has 0 aromatic heterocycles. The molecule has 0 spiro atoms. The van der Waals surface area contributed by atoms with E-state index < -0.39 is 0 Å². The Kier molecular flexibility index (Phi) is 8.03. The molecule has 1 heterocycles.